The highest BCUT2D eigenvalue weighted by Crippen LogP contribution is 2.21. The lowest BCUT2D eigenvalue weighted by Gasteiger charge is -2.22. The number of aromatic nitrogens is 5. The van der Waals surface area contributed by atoms with Crippen molar-refractivity contribution in [1.82, 2.24) is 24.1 Å². The van der Waals surface area contributed by atoms with E-state index in [-0.39, 0.29) is 24.2 Å². The van der Waals surface area contributed by atoms with Crippen molar-refractivity contribution in [2.45, 2.75) is 32.8 Å². The van der Waals surface area contributed by atoms with Crippen molar-refractivity contribution < 1.29 is 9.53 Å². The van der Waals surface area contributed by atoms with Gasteiger partial charge in [0.25, 0.3) is 11.5 Å². The number of nitrogens with one attached hydrogen (secondary N) is 2. The Balaban J connectivity index is 0.000000429. The fraction of sp³-hybridized carbons (Fsp3) is 0.292. The highest BCUT2D eigenvalue weighted by atomic mass is 16.5. The van der Waals surface area contributed by atoms with Crippen LogP contribution in [-0.4, -0.2) is 50.3 Å². The monoisotopic (exact) mass is 478 g/mol. The van der Waals surface area contributed by atoms with Crippen LogP contribution in [0, 0.1) is 0 Å². The lowest BCUT2D eigenvalue weighted by atomic mass is 9.96. The molecule has 0 atom stereocenters. The fourth-order valence-electron chi connectivity index (χ4n) is 3.39. The van der Waals surface area contributed by atoms with Crippen molar-refractivity contribution in [2.75, 3.05) is 24.8 Å². The summed E-state index contributed by atoms with van der Waals surface area (Å²) in [5.74, 6) is 0.790. The van der Waals surface area contributed by atoms with Gasteiger partial charge in [0.2, 0.25) is 0 Å². The largest absolute Gasteiger partial charge is 0.381 e. The Hall–Kier alpha value is -4.25. The van der Waals surface area contributed by atoms with Crippen LogP contribution in [0.1, 0.15) is 37.0 Å². The van der Waals surface area contributed by atoms with Crippen LogP contribution < -0.4 is 21.9 Å². The zero-order chi connectivity index (χ0) is 24.1. The molecular weight excluding hydrogens is 448 g/mol. The lowest BCUT2D eigenvalue weighted by Crippen LogP contribution is -2.21. The highest BCUT2D eigenvalue weighted by molar-refractivity contribution is 5.98. The van der Waals surface area contributed by atoms with Gasteiger partial charge in [0.05, 0.1) is 12.3 Å². The molecule has 0 spiro atoms. The van der Waals surface area contributed by atoms with E-state index in [1.54, 1.807) is 62.9 Å². The van der Waals surface area contributed by atoms with Crippen LogP contribution in [0.3, 0.4) is 0 Å². The van der Waals surface area contributed by atoms with Crippen molar-refractivity contribution >= 4 is 28.9 Å². The first-order chi connectivity index (χ1) is 16.5. The standard InChI is InChI=1S/C18H16N8O2.C5H10O.CH4/c1-20-15-9-13(24-17-11(16(19)27)10-22-26(15)17)23-12-5-4-8-25(18(12)28)14-6-2-3-7-21-14;1-6-5-3-2-4-5;/h2-10,20H,1H3,(H2,19,27)(H,23,24);5H,2-4H2,1H3;1H4. The number of methoxy groups -OCH3 is 1. The van der Waals surface area contributed by atoms with Crippen molar-refractivity contribution in [3.8, 4) is 5.82 Å². The van der Waals surface area contributed by atoms with E-state index in [4.69, 9.17) is 10.5 Å². The second kappa shape index (κ2) is 11.3. The Morgan fingerprint density at radius 2 is 2.03 bits per heavy atom. The third kappa shape index (κ3) is 5.46. The Morgan fingerprint density at radius 1 is 1.23 bits per heavy atom. The summed E-state index contributed by atoms with van der Waals surface area (Å²) in [6, 6.07) is 10.3. The average Bonchev–Trinajstić information content (AvgIpc) is 3.24. The second-order valence-corrected chi connectivity index (χ2v) is 7.63. The smallest absolute Gasteiger partial charge is 0.279 e. The van der Waals surface area contributed by atoms with Gasteiger partial charge in [-0.3, -0.25) is 14.2 Å². The zero-order valence-corrected chi connectivity index (χ0v) is 18.9. The molecular formula is C24H30N8O3. The van der Waals surface area contributed by atoms with E-state index in [2.05, 4.69) is 25.7 Å². The Labute approximate surface area is 203 Å². The SMILES string of the molecule is C.CNc1cc(Nc2cccn(-c3ccccn3)c2=O)nc2c(C(N)=O)cnn12.COC1CCC1. The van der Waals surface area contributed by atoms with Gasteiger partial charge >= 0.3 is 0 Å². The van der Waals surface area contributed by atoms with Crippen molar-refractivity contribution in [2.24, 2.45) is 5.73 Å². The van der Waals surface area contributed by atoms with E-state index in [0.717, 1.165) is 0 Å². The molecule has 1 fully saturated rings. The number of ether oxygens (including phenoxy) is 1. The Morgan fingerprint density at radius 3 is 2.60 bits per heavy atom. The molecule has 1 aliphatic rings. The number of rotatable bonds is 6. The molecule has 4 aromatic heterocycles. The number of amides is 1. The molecule has 0 bridgehead atoms. The Bertz CT molecular complexity index is 1340. The molecule has 11 nitrogen and oxygen atoms in total. The van der Waals surface area contributed by atoms with E-state index >= 15 is 0 Å². The number of nitrogens with two attached hydrogens (primary N) is 1. The van der Waals surface area contributed by atoms with Gasteiger partial charge in [-0.25, -0.2) is 9.97 Å². The fourth-order valence-corrected chi connectivity index (χ4v) is 3.39. The second-order valence-electron chi connectivity index (χ2n) is 7.63. The lowest BCUT2D eigenvalue weighted by molar-refractivity contribution is 0.0412. The van der Waals surface area contributed by atoms with Gasteiger partial charge in [0.15, 0.2) is 5.65 Å². The van der Waals surface area contributed by atoms with Gasteiger partial charge in [-0.2, -0.15) is 9.61 Å². The van der Waals surface area contributed by atoms with E-state index in [0.29, 0.717) is 29.2 Å². The topological polar surface area (TPSA) is 141 Å². The number of hydrogen-bond acceptors (Lipinski definition) is 8. The molecule has 4 heterocycles. The van der Waals surface area contributed by atoms with E-state index in [1.165, 1.54) is 34.5 Å². The predicted molar refractivity (Wildman–Crippen MR) is 136 cm³/mol. The molecule has 0 aromatic carbocycles. The van der Waals surface area contributed by atoms with Crippen molar-refractivity contribution in [1.29, 1.82) is 0 Å². The summed E-state index contributed by atoms with van der Waals surface area (Å²) in [7, 11) is 3.49. The van der Waals surface area contributed by atoms with E-state index in [9.17, 15) is 9.59 Å². The number of pyridine rings is 2. The minimum absolute atomic E-state index is 0. The summed E-state index contributed by atoms with van der Waals surface area (Å²) in [6.45, 7) is 0. The van der Waals surface area contributed by atoms with Crippen molar-refractivity contribution in [3.05, 3.63) is 70.9 Å². The van der Waals surface area contributed by atoms with Crippen LogP contribution in [0.25, 0.3) is 11.5 Å². The van der Waals surface area contributed by atoms with Crippen LogP contribution in [0.2, 0.25) is 0 Å². The maximum absolute atomic E-state index is 12.8. The summed E-state index contributed by atoms with van der Waals surface area (Å²) < 4.78 is 7.87. The molecule has 1 amide bonds. The first-order valence-electron chi connectivity index (χ1n) is 10.8. The average molecular weight is 479 g/mol. The number of carbonyl (C=O) groups is 1. The predicted octanol–water partition coefficient (Wildman–Crippen LogP) is 2.98. The van der Waals surface area contributed by atoms with Crippen LogP contribution in [0.15, 0.2) is 59.8 Å². The molecule has 35 heavy (non-hydrogen) atoms. The molecule has 0 radical (unpaired) electrons. The van der Waals surface area contributed by atoms with Gasteiger partial charge in [-0.15, -0.1) is 0 Å². The molecule has 184 valence electrons. The van der Waals surface area contributed by atoms with Crippen LogP contribution in [0.5, 0.6) is 0 Å². The van der Waals surface area contributed by atoms with Crippen molar-refractivity contribution in [3.63, 3.8) is 0 Å². The third-order valence-corrected chi connectivity index (χ3v) is 5.49. The molecule has 1 aliphatic carbocycles. The van der Waals surface area contributed by atoms with Gasteiger partial charge in [0, 0.05) is 32.6 Å². The highest BCUT2D eigenvalue weighted by Gasteiger charge is 2.16. The minimum Gasteiger partial charge on any atom is -0.381 e. The number of anilines is 3. The quantitative estimate of drug-likeness (QED) is 0.384. The van der Waals surface area contributed by atoms with E-state index < -0.39 is 5.91 Å². The van der Waals surface area contributed by atoms with Crippen LogP contribution >= 0.6 is 0 Å². The third-order valence-electron chi connectivity index (χ3n) is 5.49. The number of primary amides is 1. The maximum atomic E-state index is 12.8. The van der Waals surface area contributed by atoms with Crippen LogP contribution in [-0.2, 0) is 4.74 Å². The molecule has 4 aromatic rings. The van der Waals surface area contributed by atoms with Crippen LogP contribution in [0.4, 0.5) is 17.3 Å². The first kappa shape index (κ1) is 25.4. The van der Waals surface area contributed by atoms with Gasteiger partial charge < -0.3 is 21.1 Å². The number of hydrogen-bond donors (Lipinski definition) is 3. The van der Waals surface area contributed by atoms with Gasteiger partial charge in [-0.1, -0.05) is 13.5 Å². The normalized spacial score (nSPS) is 12.6. The molecule has 1 saturated carbocycles. The number of nitrogens with zero attached hydrogens (tertiary/aromatic N) is 5. The molecule has 4 N–H and O–H groups in total. The summed E-state index contributed by atoms with van der Waals surface area (Å²) in [5, 5.41) is 10.1. The molecule has 0 aliphatic heterocycles. The molecule has 0 saturated heterocycles. The molecule has 0 unspecified atom stereocenters. The maximum Gasteiger partial charge on any atom is 0.279 e. The molecule has 11 heteroatoms. The van der Waals surface area contributed by atoms with Gasteiger partial charge in [0.1, 0.15) is 28.7 Å². The summed E-state index contributed by atoms with van der Waals surface area (Å²) >= 11 is 0. The number of carbonyl (C=O) groups excluding carboxylic acids is 1. The van der Waals surface area contributed by atoms with Gasteiger partial charge in [-0.05, 0) is 43.5 Å². The molecule has 5 rings (SSSR count). The van der Waals surface area contributed by atoms with E-state index in [1.807, 2.05) is 0 Å². The summed E-state index contributed by atoms with van der Waals surface area (Å²) in [5.41, 5.74) is 5.86. The summed E-state index contributed by atoms with van der Waals surface area (Å²) in [6.07, 6.45) is 9.16. The number of fused-ring (bicyclic) bond motifs is 1. The first-order valence-corrected chi connectivity index (χ1v) is 10.8. The zero-order valence-electron chi connectivity index (χ0n) is 18.9. The Kier molecular flexibility index (Phi) is 8.16. The minimum atomic E-state index is -0.640. The summed E-state index contributed by atoms with van der Waals surface area (Å²) in [4.78, 5) is 33.1.